The lowest BCUT2D eigenvalue weighted by molar-refractivity contribution is -0.125. The average Bonchev–Trinajstić information content (AvgIpc) is 2.65. The van der Waals surface area contributed by atoms with Gasteiger partial charge in [0.05, 0.1) is 12.2 Å². The van der Waals surface area contributed by atoms with Crippen molar-refractivity contribution in [3.63, 3.8) is 0 Å². The zero-order valence-corrected chi connectivity index (χ0v) is 15.2. The van der Waals surface area contributed by atoms with Gasteiger partial charge in [-0.25, -0.2) is 0 Å². The van der Waals surface area contributed by atoms with Crippen molar-refractivity contribution in [2.75, 3.05) is 18.1 Å². The summed E-state index contributed by atoms with van der Waals surface area (Å²) in [5, 5.41) is 2.87. The van der Waals surface area contributed by atoms with Gasteiger partial charge in [-0.15, -0.1) is 0 Å². The SMILES string of the molecule is Cc1ccc(CNC(=O)CCC(=O)N2CCOc3ccc(C)cc32)cc1. The Bertz CT molecular complexity index is 799. The highest BCUT2D eigenvalue weighted by Crippen LogP contribution is 2.32. The minimum Gasteiger partial charge on any atom is -0.490 e. The first-order valence-corrected chi connectivity index (χ1v) is 8.89. The van der Waals surface area contributed by atoms with Gasteiger partial charge >= 0.3 is 0 Å². The molecule has 0 saturated heterocycles. The molecule has 0 bridgehead atoms. The van der Waals surface area contributed by atoms with Gasteiger partial charge in [0.15, 0.2) is 0 Å². The van der Waals surface area contributed by atoms with Crippen LogP contribution < -0.4 is 15.0 Å². The molecule has 5 nitrogen and oxygen atoms in total. The fourth-order valence-corrected chi connectivity index (χ4v) is 2.94. The minimum atomic E-state index is -0.114. The molecule has 3 rings (SSSR count). The monoisotopic (exact) mass is 352 g/mol. The van der Waals surface area contributed by atoms with Crippen LogP contribution in [0.2, 0.25) is 0 Å². The van der Waals surface area contributed by atoms with E-state index in [9.17, 15) is 9.59 Å². The van der Waals surface area contributed by atoms with Crippen molar-refractivity contribution in [3.8, 4) is 5.75 Å². The maximum atomic E-state index is 12.6. The van der Waals surface area contributed by atoms with Gasteiger partial charge < -0.3 is 15.0 Å². The molecule has 1 N–H and O–H groups in total. The number of hydrogen-bond acceptors (Lipinski definition) is 3. The molecule has 136 valence electrons. The van der Waals surface area contributed by atoms with Crippen LogP contribution in [0, 0.1) is 13.8 Å². The molecule has 0 atom stereocenters. The molecule has 1 aliphatic heterocycles. The van der Waals surface area contributed by atoms with Crippen molar-refractivity contribution in [1.82, 2.24) is 5.32 Å². The fraction of sp³-hybridized carbons (Fsp3) is 0.333. The third kappa shape index (κ3) is 4.42. The van der Waals surface area contributed by atoms with E-state index >= 15 is 0 Å². The molecule has 0 fully saturated rings. The number of nitrogens with one attached hydrogen (secondary N) is 1. The number of benzene rings is 2. The number of anilines is 1. The van der Waals surface area contributed by atoms with Crippen molar-refractivity contribution in [1.29, 1.82) is 0 Å². The molecule has 0 spiro atoms. The summed E-state index contributed by atoms with van der Waals surface area (Å²) in [6, 6.07) is 13.8. The lowest BCUT2D eigenvalue weighted by Gasteiger charge is -2.30. The van der Waals surface area contributed by atoms with Crippen LogP contribution in [-0.4, -0.2) is 25.0 Å². The first-order valence-electron chi connectivity index (χ1n) is 8.89. The van der Waals surface area contributed by atoms with Crippen molar-refractivity contribution in [2.45, 2.75) is 33.2 Å². The Morgan fingerprint density at radius 1 is 1.04 bits per heavy atom. The fourth-order valence-electron chi connectivity index (χ4n) is 2.94. The molecular weight excluding hydrogens is 328 g/mol. The lowest BCUT2D eigenvalue weighted by atomic mass is 10.1. The van der Waals surface area contributed by atoms with E-state index in [0.717, 1.165) is 22.6 Å². The Kier molecular flexibility index (Phi) is 5.56. The summed E-state index contributed by atoms with van der Waals surface area (Å²) in [6.07, 6.45) is 0.371. The van der Waals surface area contributed by atoms with E-state index in [1.54, 1.807) is 4.90 Å². The third-order valence-electron chi connectivity index (χ3n) is 4.45. The highest BCUT2D eigenvalue weighted by atomic mass is 16.5. The highest BCUT2D eigenvalue weighted by molar-refractivity contribution is 5.97. The topological polar surface area (TPSA) is 58.6 Å². The summed E-state index contributed by atoms with van der Waals surface area (Å²) in [6.45, 7) is 5.48. The molecule has 2 aromatic rings. The molecule has 1 aliphatic rings. The lowest BCUT2D eigenvalue weighted by Crippen LogP contribution is -2.38. The smallest absolute Gasteiger partial charge is 0.227 e. The maximum Gasteiger partial charge on any atom is 0.227 e. The van der Waals surface area contributed by atoms with E-state index in [1.807, 2.05) is 56.3 Å². The number of fused-ring (bicyclic) bond motifs is 1. The number of hydrogen-bond donors (Lipinski definition) is 1. The van der Waals surface area contributed by atoms with Gasteiger partial charge in [0, 0.05) is 19.4 Å². The second kappa shape index (κ2) is 8.04. The van der Waals surface area contributed by atoms with E-state index in [4.69, 9.17) is 4.74 Å². The molecule has 1 heterocycles. The van der Waals surface area contributed by atoms with Gasteiger partial charge in [-0.3, -0.25) is 9.59 Å². The Hall–Kier alpha value is -2.82. The number of rotatable bonds is 5. The van der Waals surface area contributed by atoms with E-state index in [1.165, 1.54) is 5.56 Å². The quantitative estimate of drug-likeness (QED) is 0.899. The Labute approximate surface area is 154 Å². The molecule has 0 aromatic heterocycles. The second-order valence-electron chi connectivity index (χ2n) is 6.63. The minimum absolute atomic E-state index is 0.0503. The first-order chi connectivity index (χ1) is 12.5. The van der Waals surface area contributed by atoms with E-state index < -0.39 is 0 Å². The molecule has 0 saturated carbocycles. The van der Waals surface area contributed by atoms with Crippen molar-refractivity contribution in [2.24, 2.45) is 0 Å². The number of nitrogens with zero attached hydrogens (tertiary/aromatic N) is 1. The predicted octanol–water partition coefficient (Wildman–Crippen LogP) is 3.13. The van der Waals surface area contributed by atoms with Crippen LogP contribution in [0.4, 0.5) is 5.69 Å². The Morgan fingerprint density at radius 2 is 1.77 bits per heavy atom. The predicted molar refractivity (Wildman–Crippen MR) is 101 cm³/mol. The van der Waals surface area contributed by atoms with Crippen molar-refractivity contribution < 1.29 is 14.3 Å². The van der Waals surface area contributed by atoms with Gasteiger partial charge in [0.1, 0.15) is 12.4 Å². The van der Waals surface area contributed by atoms with Gasteiger partial charge in [0.25, 0.3) is 0 Å². The van der Waals surface area contributed by atoms with Crippen LogP contribution >= 0.6 is 0 Å². The molecule has 26 heavy (non-hydrogen) atoms. The number of aryl methyl sites for hydroxylation is 2. The number of amides is 2. The molecule has 0 radical (unpaired) electrons. The molecule has 0 unspecified atom stereocenters. The molecule has 0 aliphatic carbocycles. The first kappa shape index (κ1) is 18.0. The van der Waals surface area contributed by atoms with Gasteiger partial charge in [-0.05, 0) is 37.1 Å². The Balaban J connectivity index is 1.52. The van der Waals surface area contributed by atoms with Crippen LogP contribution in [0.3, 0.4) is 0 Å². The van der Waals surface area contributed by atoms with Gasteiger partial charge in [0.2, 0.25) is 11.8 Å². The molecule has 2 aromatic carbocycles. The normalized spacial score (nSPS) is 12.9. The zero-order valence-electron chi connectivity index (χ0n) is 15.2. The zero-order chi connectivity index (χ0) is 18.5. The summed E-state index contributed by atoms with van der Waals surface area (Å²) in [5.41, 5.74) is 4.10. The summed E-state index contributed by atoms with van der Waals surface area (Å²) < 4.78 is 5.61. The average molecular weight is 352 g/mol. The second-order valence-corrected chi connectivity index (χ2v) is 6.63. The summed E-state index contributed by atoms with van der Waals surface area (Å²) in [5.74, 6) is 0.557. The van der Waals surface area contributed by atoms with E-state index in [2.05, 4.69) is 5.32 Å². The van der Waals surface area contributed by atoms with Crippen LogP contribution in [0.5, 0.6) is 5.75 Å². The van der Waals surface area contributed by atoms with E-state index in [-0.39, 0.29) is 24.7 Å². The maximum absolute atomic E-state index is 12.6. The summed E-state index contributed by atoms with van der Waals surface area (Å²) in [4.78, 5) is 26.4. The van der Waals surface area contributed by atoms with E-state index in [0.29, 0.717) is 19.7 Å². The van der Waals surface area contributed by atoms with Crippen molar-refractivity contribution in [3.05, 3.63) is 59.2 Å². The number of ether oxygens (including phenoxy) is 1. The number of carbonyl (C=O) groups is 2. The van der Waals surface area contributed by atoms with Gasteiger partial charge in [-0.2, -0.15) is 0 Å². The Morgan fingerprint density at radius 3 is 2.54 bits per heavy atom. The van der Waals surface area contributed by atoms with Crippen LogP contribution in [0.1, 0.15) is 29.5 Å². The van der Waals surface area contributed by atoms with Gasteiger partial charge in [-0.1, -0.05) is 35.9 Å². The van der Waals surface area contributed by atoms with Crippen LogP contribution in [-0.2, 0) is 16.1 Å². The van der Waals surface area contributed by atoms with Crippen LogP contribution in [0.15, 0.2) is 42.5 Å². The molecule has 2 amide bonds. The van der Waals surface area contributed by atoms with Crippen molar-refractivity contribution >= 4 is 17.5 Å². The highest BCUT2D eigenvalue weighted by Gasteiger charge is 2.24. The largest absolute Gasteiger partial charge is 0.490 e. The summed E-state index contributed by atoms with van der Waals surface area (Å²) >= 11 is 0. The molecular formula is C21H24N2O3. The summed E-state index contributed by atoms with van der Waals surface area (Å²) in [7, 11) is 0. The standard InChI is InChI=1S/C21H24N2O3/c1-15-3-6-17(7-4-15)14-22-20(24)9-10-21(25)23-11-12-26-19-8-5-16(2)13-18(19)23/h3-8,13H,9-12,14H2,1-2H3,(H,22,24). The third-order valence-corrected chi connectivity index (χ3v) is 4.45. The van der Waals surface area contributed by atoms with Crippen LogP contribution in [0.25, 0.3) is 0 Å². The molecule has 5 heteroatoms. The number of carbonyl (C=O) groups excluding carboxylic acids is 2.